The molecule has 0 saturated carbocycles. The predicted octanol–water partition coefficient (Wildman–Crippen LogP) is 4.24. The molecule has 5 heteroatoms. The minimum atomic E-state index is 0.562. The van der Waals surface area contributed by atoms with Crippen molar-refractivity contribution in [1.82, 2.24) is 4.98 Å². The number of rotatable bonds is 3. The fourth-order valence-corrected chi connectivity index (χ4v) is 2.91. The lowest BCUT2D eigenvalue weighted by atomic mass is 10.1. The first-order chi connectivity index (χ1) is 8.52. The lowest BCUT2D eigenvalue weighted by Gasteiger charge is -2.12. The number of halogens is 2. The Morgan fingerprint density at radius 2 is 1.94 bits per heavy atom. The van der Waals surface area contributed by atoms with Crippen LogP contribution in [0.2, 0.25) is 0 Å². The molecule has 2 rings (SSSR count). The number of benzene rings is 1. The molecule has 0 atom stereocenters. The van der Waals surface area contributed by atoms with E-state index in [1.807, 2.05) is 18.2 Å². The number of nitrogens with one attached hydrogen (secondary N) is 1. The van der Waals surface area contributed by atoms with Gasteiger partial charge in [0, 0.05) is 20.0 Å². The minimum Gasteiger partial charge on any atom is -0.323 e. The van der Waals surface area contributed by atoms with Crippen molar-refractivity contribution >= 4 is 48.5 Å². The van der Waals surface area contributed by atoms with Gasteiger partial charge in [0.1, 0.15) is 0 Å². The highest BCUT2D eigenvalue weighted by atomic mass is 79.9. The lowest BCUT2D eigenvalue weighted by molar-refractivity contribution is 0.637. The smallest absolute Gasteiger partial charge is 0.0879 e. The molecule has 0 aliphatic rings. The Bertz CT molecular complexity index is 582. The molecule has 0 aliphatic carbocycles. The van der Waals surface area contributed by atoms with Crippen LogP contribution in [0.4, 0.5) is 5.69 Å². The summed E-state index contributed by atoms with van der Waals surface area (Å²) >= 11 is 7.08. The number of fused-ring (bicyclic) bond motifs is 1. The molecule has 0 aliphatic heterocycles. The average molecular weight is 373 g/mol. The fourth-order valence-electron chi connectivity index (χ4n) is 1.96. The zero-order valence-electron chi connectivity index (χ0n) is 10.3. The van der Waals surface area contributed by atoms with Crippen LogP contribution in [0.3, 0.4) is 0 Å². The van der Waals surface area contributed by atoms with E-state index >= 15 is 0 Å². The molecule has 18 heavy (non-hydrogen) atoms. The lowest BCUT2D eigenvalue weighted by Crippen LogP contribution is -2.09. The molecule has 0 saturated heterocycles. The monoisotopic (exact) mass is 371 g/mol. The number of nitrogens with two attached hydrogens (primary N) is 1. The zero-order chi connectivity index (χ0) is 13.3. The summed E-state index contributed by atoms with van der Waals surface area (Å²) in [5.41, 5.74) is 5.63. The molecule has 0 bridgehead atoms. The highest BCUT2D eigenvalue weighted by molar-refractivity contribution is 9.11. The Balaban J connectivity index is 2.71. The third-order valence-electron chi connectivity index (χ3n) is 2.69. The molecular formula is C13H15Br2N3. The molecule has 3 nitrogen and oxygen atoms in total. The fraction of sp³-hybridized carbons (Fsp3) is 0.308. The molecule has 0 spiro atoms. The second-order valence-corrected chi connectivity index (χ2v) is 6.36. The van der Waals surface area contributed by atoms with Gasteiger partial charge in [-0.2, -0.15) is 0 Å². The first-order valence-electron chi connectivity index (χ1n) is 5.77. The van der Waals surface area contributed by atoms with Crippen LogP contribution < -0.4 is 11.3 Å². The Hall–Kier alpha value is -0.650. The van der Waals surface area contributed by atoms with E-state index < -0.39 is 0 Å². The van der Waals surface area contributed by atoms with Crippen molar-refractivity contribution in [2.75, 3.05) is 5.43 Å². The van der Waals surface area contributed by atoms with Crippen molar-refractivity contribution in [3.8, 4) is 0 Å². The zero-order valence-corrected chi connectivity index (χ0v) is 13.5. The van der Waals surface area contributed by atoms with E-state index in [9.17, 15) is 0 Å². The van der Waals surface area contributed by atoms with Crippen LogP contribution in [0.5, 0.6) is 0 Å². The molecule has 2 aromatic rings. The summed E-state index contributed by atoms with van der Waals surface area (Å²) in [6, 6.07) is 5.98. The van der Waals surface area contributed by atoms with Crippen molar-refractivity contribution in [2.24, 2.45) is 11.8 Å². The van der Waals surface area contributed by atoms with E-state index in [0.717, 1.165) is 37.7 Å². The summed E-state index contributed by atoms with van der Waals surface area (Å²) in [6.45, 7) is 4.36. The van der Waals surface area contributed by atoms with Gasteiger partial charge >= 0.3 is 0 Å². The Morgan fingerprint density at radius 1 is 1.28 bits per heavy atom. The van der Waals surface area contributed by atoms with E-state index in [2.05, 4.69) is 51.1 Å². The summed E-state index contributed by atoms with van der Waals surface area (Å²) in [5.74, 6) is 6.18. The van der Waals surface area contributed by atoms with E-state index in [4.69, 9.17) is 10.8 Å². The normalized spacial score (nSPS) is 11.2. The Kier molecular flexibility index (Phi) is 4.25. The summed E-state index contributed by atoms with van der Waals surface area (Å²) in [6.07, 6.45) is 0.934. The van der Waals surface area contributed by atoms with Gasteiger partial charge in [0.2, 0.25) is 0 Å². The van der Waals surface area contributed by atoms with Gasteiger partial charge < -0.3 is 5.43 Å². The molecular weight excluding hydrogens is 358 g/mol. The first-order valence-corrected chi connectivity index (χ1v) is 7.35. The molecule has 1 aromatic carbocycles. The Morgan fingerprint density at radius 3 is 2.56 bits per heavy atom. The highest BCUT2D eigenvalue weighted by Crippen LogP contribution is 2.34. The number of aromatic nitrogens is 1. The average Bonchev–Trinajstić information content (AvgIpc) is 2.32. The molecule has 0 unspecified atom stereocenters. The summed E-state index contributed by atoms with van der Waals surface area (Å²) in [5, 5.41) is 0.999. The SMILES string of the molecule is CC(C)Cc1cc(NN)c2c(Br)ccc(Br)c2n1. The number of hydrogen-bond acceptors (Lipinski definition) is 3. The van der Waals surface area contributed by atoms with Crippen LogP contribution in [-0.2, 0) is 6.42 Å². The minimum absolute atomic E-state index is 0.562. The van der Waals surface area contributed by atoms with E-state index in [0.29, 0.717) is 5.92 Å². The van der Waals surface area contributed by atoms with Crippen molar-refractivity contribution < 1.29 is 0 Å². The standard InChI is InChI=1S/C13H15Br2N3/c1-7(2)5-8-6-11(18-16)12-9(14)3-4-10(15)13(12)17-8/h3-4,6-7H,5,16H2,1-2H3,(H,17,18). The van der Waals surface area contributed by atoms with Gasteiger partial charge in [-0.25, -0.2) is 0 Å². The topological polar surface area (TPSA) is 50.9 Å². The van der Waals surface area contributed by atoms with Gasteiger partial charge in [0.15, 0.2) is 0 Å². The van der Waals surface area contributed by atoms with Crippen LogP contribution in [0.15, 0.2) is 27.1 Å². The number of pyridine rings is 1. The van der Waals surface area contributed by atoms with Gasteiger partial charge in [0.25, 0.3) is 0 Å². The maximum absolute atomic E-state index is 5.62. The van der Waals surface area contributed by atoms with Crippen LogP contribution in [0, 0.1) is 5.92 Å². The number of hydrogen-bond donors (Lipinski definition) is 2. The largest absolute Gasteiger partial charge is 0.323 e. The molecule has 0 radical (unpaired) electrons. The van der Waals surface area contributed by atoms with Crippen molar-refractivity contribution in [1.29, 1.82) is 0 Å². The number of hydrazine groups is 1. The maximum Gasteiger partial charge on any atom is 0.0879 e. The molecule has 1 aromatic heterocycles. The van der Waals surface area contributed by atoms with Crippen LogP contribution >= 0.6 is 31.9 Å². The second kappa shape index (κ2) is 5.55. The van der Waals surface area contributed by atoms with Crippen molar-refractivity contribution in [2.45, 2.75) is 20.3 Å². The van der Waals surface area contributed by atoms with Crippen LogP contribution in [0.1, 0.15) is 19.5 Å². The van der Waals surface area contributed by atoms with E-state index in [-0.39, 0.29) is 0 Å². The highest BCUT2D eigenvalue weighted by Gasteiger charge is 2.11. The second-order valence-electron chi connectivity index (χ2n) is 4.66. The quantitative estimate of drug-likeness (QED) is 0.625. The van der Waals surface area contributed by atoms with E-state index in [1.54, 1.807) is 0 Å². The van der Waals surface area contributed by atoms with Crippen molar-refractivity contribution in [3.05, 3.63) is 32.8 Å². The van der Waals surface area contributed by atoms with Gasteiger partial charge in [-0.05, 0) is 46.5 Å². The van der Waals surface area contributed by atoms with E-state index in [1.165, 1.54) is 0 Å². The summed E-state index contributed by atoms with van der Waals surface area (Å²) in [4.78, 5) is 4.71. The van der Waals surface area contributed by atoms with Crippen LogP contribution in [-0.4, -0.2) is 4.98 Å². The number of nitrogens with zero attached hydrogens (tertiary/aromatic N) is 1. The van der Waals surface area contributed by atoms with Gasteiger partial charge in [-0.3, -0.25) is 10.8 Å². The van der Waals surface area contributed by atoms with Crippen LogP contribution in [0.25, 0.3) is 10.9 Å². The molecule has 1 heterocycles. The third kappa shape index (κ3) is 2.68. The summed E-state index contributed by atoms with van der Waals surface area (Å²) in [7, 11) is 0. The molecule has 0 fully saturated rings. The predicted molar refractivity (Wildman–Crippen MR) is 83.5 cm³/mol. The maximum atomic E-state index is 5.62. The summed E-state index contributed by atoms with van der Waals surface area (Å²) < 4.78 is 1.96. The van der Waals surface area contributed by atoms with Gasteiger partial charge in [0.05, 0.1) is 11.2 Å². The van der Waals surface area contributed by atoms with Crippen molar-refractivity contribution in [3.63, 3.8) is 0 Å². The van der Waals surface area contributed by atoms with Gasteiger partial charge in [-0.1, -0.05) is 29.8 Å². The number of anilines is 1. The third-order valence-corrected chi connectivity index (χ3v) is 3.99. The first kappa shape index (κ1) is 13.8. The Labute approximate surface area is 123 Å². The molecule has 3 N–H and O–H groups in total. The number of nitrogen functional groups attached to an aromatic ring is 1. The molecule has 96 valence electrons. The van der Waals surface area contributed by atoms with Gasteiger partial charge in [-0.15, -0.1) is 0 Å². The molecule has 0 amide bonds.